The summed E-state index contributed by atoms with van der Waals surface area (Å²) >= 11 is 0. The van der Waals surface area contributed by atoms with Gasteiger partial charge >= 0.3 is 12.5 Å². The number of rotatable bonds is 4. The largest absolute Gasteiger partial charge is 0.461 e. The van der Waals surface area contributed by atoms with Gasteiger partial charge in [0.15, 0.2) is 0 Å². The van der Waals surface area contributed by atoms with Gasteiger partial charge in [0.2, 0.25) is 0 Å². The summed E-state index contributed by atoms with van der Waals surface area (Å²) in [6.45, 7) is 0. The molecule has 1 rings (SSSR count). The molecule has 0 aliphatic rings. The average Bonchev–Trinajstić information content (AvgIpc) is 2.18. The van der Waals surface area contributed by atoms with Crippen molar-refractivity contribution >= 4 is 5.69 Å². The molecule has 0 fully saturated rings. The van der Waals surface area contributed by atoms with Crippen molar-refractivity contribution in [3.8, 4) is 5.75 Å². The quantitative estimate of drug-likeness (QED) is 0.792. The van der Waals surface area contributed by atoms with Gasteiger partial charge in [0, 0.05) is 12.7 Å². The standard InChI is InChI=1S/C9H9F4NO/c1-14-6-2-4-7(5-3-6)15-9(12,13)8(10)11/h2-5,8,14H,1H3. The van der Waals surface area contributed by atoms with Crippen LogP contribution in [0.25, 0.3) is 0 Å². The molecule has 1 aromatic rings. The zero-order valence-corrected chi connectivity index (χ0v) is 7.81. The summed E-state index contributed by atoms with van der Waals surface area (Å²) < 4.78 is 52.2. The lowest BCUT2D eigenvalue weighted by Crippen LogP contribution is -2.33. The van der Waals surface area contributed by atoms with Crippen molar-refractivity contribution < 1.29 is 22.3 Å². The summed E-state index contributed by atoms with van der Waals surface area (Å²) in [5.74, 6) is -0.306. The van der Waals surface area contributed by atoms with Crippen molar-refractivity contribution in [2.45, 2.75) is 12.5 Å². The van der Waals surface area contributed by atoms with E-state index in [-0.39, 0.29) is 5.75 Å². The fourth-order valence-corrected chi connectivity index (χ4v) is 0.891. The summed E-state index contributed by atoms with van der Waals surface area (Å²) in [5, 5.41) is 2.75. The van der Waals surface area contributed by atoms with E-state index in [2.05, 4.69) is 10.1 Å². The van der Waals surface area contributed by atoms with E-state index in [9.17, 15) is 17.6 Å². The first kappa shape index (κ1) is 11.6. The Kier molecular flexibility index (Phi) is 3.39. The molecule has 0 atom stereocenters. The Morgan fingerprint density at radius 2 is 1.73 bits per heavy atom. The molecular weight excluding hydrogens is 214 g/mol. The minimum atomic E-state index is -4.46. The Morgan fingerprint density at radius 1 is 1.20 bits per heavy atom. The van der Waals surface area contributed by atoms with Crippen molar-refractivity contribution in [3.63, 3.8) is 0 Å². The lowest BCUT2D eigenvalue weighted by molar-refractivity contribution is -0.253. The predicted octanol–water partition coefficient (Wildman–Crippen LogP) is 2.97. The van der Waals surface area contributed by atoms with E-state index in [1.54, 1.807) is 7.05 Å². The Balaban J connectivity index is 2.73. The van der Waals surface area contributed by atoms with E-state index in [1.165, 1.54) is 24.3 Å². The van der Waals surface area contributed by atoms with Gasteiger partial charge in [-0.15, -0.1) is 0 Å². The normalized spacial score (nSPS) is 11.6. The maximum atomic E-state index is 12.4. The monoisotopic (exact) mass is 223 g/mol. The van der Waals surface area contributed by atoms with E-state index < -0.39 is 12.5 Å². The molecule has 2 nitrogen and oxygen atoms in total. The van der Waals surface area contributed by atoms with E-state index in [0.717, 1.165) is 0 Å². The van der Waals surface area contributed by atoms with Crippen LogP contribution in [0.3, 0.4) is 0 Å². The number of halogens is 4. The first-order valence-electron chi connectivity index (χ1n) is 4.08. The molecule has 0 bridgehead atoms. The Labute approximate surface area is 83.9 Å². The first-order valence-corrected chi connectivity index (χ1v) is 4.08. The second-order valence-corrected chi connectivity index (χ2v) is 2.74. The Hall–Kier alpha value is -1.46. The first-order chi connectivity index (χ1) is 6.95. The summed E-state index contributed by atoms with van der Waals surface area (Å²) in [7, 11) is 1.64. The van der Waals surface area contributed by atoms with Crippen LogP contribution >= 0.6 is 0 Å². The molecule has 0 radical (unpaired) electrons. The zero-order chi connectivity index (χ0) is 11.5. The number of hydrogen-bond acceptors (Lipinski definition) is 2. The molecule has 0 saturated carbocycles. The van der Waals surface area contributed by atoms with Gasteiger partial charge in [-0.05, 0) is 24.3 Å². The highest BCUT2D eigenvalue weighted by atomic mass is 19.3. The molecule has 0 amide bonds. The van der Waals surface area contributed by atoms with Crippen molar-refractivity contribution in [1.29, 1.82) is 0 Å². The maximum Gasteiger partial charge on any atom is 0.461 e. The molecule has 0 aromatic heterocycles. The molecule has 1 aromatic carbocycles. The number of ether oxygens (including phenoxy) is 1. The summed E-state index contributed by atoms with van der Waals surface area (Å²) in [6, 6.07) is 5.25. The topological polar surface area (TPSA) is 21.3 Å². The molecule has 0 aliphatic carbocycles. The molecule has 84 valence electrons. The van der Waals surface area contributed by atoms with Crippen molar-refractivity contribution in [2.75, 3.05) is 12.4 Å². The second kappa shape index (κ2) is 4.37. The van der Waals surface area contributed by atoms with E-state index in [1.807, 2.05) is 0 Å². The smallest absolute Gasteiger partial charge is 0.428 e. The summed E-state index contributed by atoms with van der Waals surface area (Å²) in [6.07, 6.45) is -8.30. The summed E-state index contributed by atoms with van der Waals surface area (Å²) in [4.78, 5) is 0. The minimum Gasteiger partial charge on any atom is -0.428 e. The van der Waals surface area contributed by atoms with E-state index in [0.29, 0.717) is 5.69 Å². The van der Waals surface area contributed by atoms with Crippen LogP contribution in [0.5, 0.6) is 5.75 Å². The van der Waals surface area contributed by atoms with Crippen molar-refractivity contribution in [1.82, 2.24) is 0 Å². The van der Waals surface area contributed by atoms with Gasteiger partial charge < -0.3 is 10.1 Å². The van der Waals surface area contributed by atoms with E-state index in [4.69, 9.17) is 0 Å². The zero-order valence-electron chi connectivity index (χ0n) is 7.81. The molecule has 6 heteroatoms. The molecule has 0 saturated heterocycles. The third-order valence-electron chi connectivity index (χ3n) is 1.65. The average molecular weight is 223 g/mol. The fourth-order valence-electron chi connectivity index (χ4n) is 0.891. The van der Waals surface area contributed by atoms with E-state index >= 15 is 0 Å². The van der Waals surface area contributed by atoms with Crippen LogP contribution in [-0.4, -0.2) is 19.6 Å². The SMILES string of the molecule is CNc1ccc(OC(F)(F)C(F)F)cc1. The van der Waals surface area contributed by atoms with Gasteiger partial charge in [0.05, 0.1) is 0 Å². The Morgan fingerprint density at radius 3 is 2.13 bits per heavy atom. The summed E-state index contributed by atoms with van der Waals surface area (Å²) in [5.41, 5.74) is 0.669. The van der Waals surface area contributed by atoms with Crippen LogP contribution in [0, 0.1) is 0 Å². The number of hydrogen-bond donors (Lipinski definition) is 1. The third kappa shape index (κ3) is 3.00. The number of nitrogens with one attached hydrogen (secondary N) is 1. The van der Waals surface area contributed by atoms with Gasteiger partial charge in [-0.2, -0.15) is 17.6 Å². The highest BCUT2D eigenvalue weighted by molar-refractivity contribution is 5.45. The molecule has 0 spiro atoms. The van der Waals surface area contributed by atoms with Crippen LogP contribution in [0.2, 0.25) is 0 Å². The van der Waals surface area contributed by atoms with Gasteiger partial charge in [-0.3, -0.25) is 0 Å². The van der Waals surface area contributed by atoms with Crippen molar-refractivity contribution in [2.24, 2.45) is 0 Å². The molecular formula is C9H9F4NO. The van der Waals surface area contributed by atoms with Crippen LogP contribution in [0.15, 0.2) is 24.3 Å². The van der Waals surface area contributed by atoms with Gasteiger partial charge in [-0.25, -0.2) is 0 Å². The van der Waals surface area contributed by atoms with Gasteiger partial charge in [0.1, 0.15) is 5.75 Å². The third-order valence-corrected chi connectivity index (χ3v) is 1.65. The molecule has 0 aliphatic heterocycles. The number of alkyl halides is 4. The van der Waals surface area contributed by atoms with Crippen LogP contribution < -0.4 is 10.1 Å². The van der Waals surface area contributed by atoms with Gasteiger partial charge in [-0.1, -0.05) is 0 Å². The lowest BCUT2D eigenvalue weighted by Gasteiger charge is -2.16. The van der Waals surface area contributed by atoms with Gasteiger partial charge in [0.25, 0.3) is 0 Å². The van der Waals surface area contributed by atoms with Crippen LogP contribution in [-0.2, 0) is 0 Å². The van der Waals surface area contributed by atoms with Crippen LogP contribution in [0.1, 0.15) is 0 Å². The van der Waals surface area contributed by atoms with Crippen molar-refractivity contribution in [3.05, 3.63) is 24.3 Å². The number of anilines is 1. The fraction of sp³-hybridized carbons (Fsp3) is 0.333. The van der Waals surface area contributed by atoms with Crippen LogP contribution in [0.4, 0.5) is 23.2 Å². The molecule has 0 heterocycles. The molecule has 15 heavy (non-hydrogen) atoms. The lowest BCUT2D eigenvalue weighted by atomic mass is 10.3. The Bertz CT molecular complexity index is 312. The number of benzene rings is 1. The minimum absolute atomic E-state index is 0.306. The second-order valence-electron chi connectivity index (χ2n) is 2.74. The highest BCUT2D eigenvalue weighted by Gasteiger charge is 2.43. The highest BCUT2D eigenvalue weighted by Crippen LogP contribution is 2.27. The maximum absolute atomic E-state index is 12.4. The predicted molar refractivity (Wildman–Crippen MR) is 47.6 cm³/mol. The molecule has 0 unspecified atom stereocenters. The molecule has 1 N–H and O–H groups in total.